The average Bonchev–Trinajstić information content (AvgIpc) is 3.19. The molecule has 0 saturated carbocycles. The molecule has 419 valence electrons. The topological polar surface area (TPSA) is 283 Å². The van der Waals surface area contributed by atoms with E-state index in [9.17, 15) is 10.2 Å². The number of hydrogen-bond donors (Lipinski definition) is 14. The molecule has 17 unspecified atom stereocenters. The fraction of sp³-hybridized carbons (Fsp3) is 1.00. The van der Waals surface area contributed by atoms with Crippen molar-refractivity contribution in [3.05, 3.63) is 0 Å². The molecule has 21 heteroatoms. The summed E-state index contributed by atoms with van der Waals surface area (Å²) in [5, 5.41) is 126. The van der Waals surface area contributed by atoms with E-state index in [1.807, 2.05) is 90.0 Å². The Morgan fingerprint density at radius 3 is 0.718 bits per heavy atom. The number of rotatable bonds is 24. The Labute approximate surface area is 568 Å². The van der Waals surface area contributed by atoms with Gasteiger partial charge in [0, 0.05) is 199 Å². The zero-order valence-electron chi connectivity index (χ0n) is 48.8. The molecule has 71 heavy (non-hydrogen) atoms. The van der Waals surface area contributed by atoms with Crippen LogP contribution in [-0.4, -0.2) is 157 Å². The largest absolute Gasteiger partial charge is 0.393 e. The molecule has 0 aromatic heterocycles. The van der Waals surface area contributed by atoms with E-state index in [0.717, 1.165) is 44.9 Å². The van der Waals surface area contributed by atoms with Crippen molar-refractivity contribution < 1.29 is 252 Å². The van der Waals surface area contributed by atoms with E-state index < -0.39 is 18.3 Å². The summed E-state index contributed by atoms with van der Waals surface area (Å²) >= 11 is 0. The predicted octanol–water partition coefficient (Wildman–Crippen LogP) is 6.08. The van der Waals surface area contributed by atoms with Gasteiger partial charge in [-0.1, -0.05) is 103 Å². The molecule has 0 aliphatic rings. The average molecular weight is 1250 g/mol. The Balaban J connectivity index is -0.0000000438. The molecule has 0 aliphatic heterocycles. The summed E-state index contributed by atoms with van der Waals surface area (Å²) in [6.45, 7) is 35.2. The third-order valence-corrected chi connectivity index (χ3v) is 10.9. The van der Waals surface area contributed by atoms with Gasteiger partial charge in [-0.25, -0.2) is 0 Å². The van der Waals surface area contributed by atoms with Crippen LogP contribution in [0.25, 0.3) is 0 Å². The van der Waals surface area contributed by atoms with Crippen LogP contribution in [0.15, 0.2) is 0 Å². The maximum Gasteiger partial charge on any atom is 0.0613 e. The van der Waals surface area contributed by atoms with E-state index in [0.29, 0.717) is 32.1 Å². The van der Waals surface area contributed by atoms with E-state index in [2.05, 4.69) is 0 Å². The zero-order chi connectivity index (χ0) is 52.5. The normalized spacial score (nSPS) is 17.1. The molecule has 17 atom stereocenters. The van der Waals surface area contributed by atoms with Crippen LogP contribution < -0.4 is 0 Å². The van der Waals surface area contributed by atoms with Crippen LogP contribution >= 0.6 is 0 Å². The fourth-order valence-corrected chi connectivity index (χ4v) is 5.14. The first-order valence-electron chi connectivity index (χ1n) is 24.7. The van der Waals surface area contributed by atoms with Gasteiger partial charge in [-0.05, 0) is 118 Å². The predicted molar refractivity (Wildman–Crippen MR) is 265 cm³/mol. The van der Waals surface area contributed by atoms with Crippen molar-refractivity contribution in [2.24, 2.45) is 29.6 Å². The molecule has 0 aromatic rings. The van der Waals surface area contributed by atoms with Crippen LogP contribution in [0.4, 0.5) is 0 Å². The fourth-order valence-electron chi connectivity index (χ4n) is 5.14. The van der Waals surface area contributed by atoms with Crippen LogP contribution in [0.5, 0.6) is 0 Å². The van der Waals surface area contributed by atoms with Gasteiger partial charge in [0.2, 0.25) is 0 Å². The smallest absolute Gasteiger partial charge is 0.0613 e. The van der Waals surface area contributed by atoms with Gasteiger partial charge in [-0.2, -0.15) is 0 Å². The SMILES string of the molecule is CC(C)C(O)C(C)C(C)O.CC(O)CC(O)C(C)C.CCC(O)C(C)C(C)O.CCC(O)CC(C)O.CCC(O)CC(O)CC.CCCC(O)C(C)C(C)O.CCCC(O)CC(C)O.[Sc].[Sc].[Sc].[Sc].[Sc].[Sc].[Sc]. The van der Waals surface area contributed by atoms with Crippen LogP contribution in [0.3, 0.4) is 0 Å². The summed E-state index contributed by atoms with van der Waals surface area (Å²) < 4.78 is 0. The summed E-state index contributed by atoms with van der Waals surface area (Å²) in [5.74, 6) is 0.444. The first-order chi connectivity index (χ1) is 29.2. The molecule has 0 spiro atoms. The number of aliphatic hydroxyl groups is 14. The molecule has 14 N–H and O–H groups in total. The number of hydrogen-bond acceptors (Lipinski definition) is 14. The third-order valence-electron chi connectivity index (χ3n) is 10.9. The maximum atomic E-state index is 9.41. The molecule has 0 heterocycles. The molecule has 0 bridgehead atoms. The second kappa shape index (κ2) is 75.5. The number of aliphatic hydroxyl groups excluding tert-OH is 14. The van der Waals surface area contributed by atoms with Crippen molar-refractivity contribution in [1.82, 2.24) is 0 Å². The minimum atomic E-state index is -0.419. The van der Waals surface area contributed by atoms with Gasteiger partial charge < -0.3 is 71.5 Å². The Morgan fingerprint density at radius 1 is 0.268 bits per heavy atom. The first-order valence-corrected chi connectivity index (χ1v) is 24.7. The molecule has 0 saturated heterocycles. The van der Waals surface area contributed by atoms with Crippen LogP contribution in [0.1, 0.15) is 209 Å². The van der Waals surface area contributed by atoms with Crippen molar-refractivity contribution in [3.8, 4) is 0 Å². The van der Waals surface area contributed by atoms with Crippen molar-refractivity contribution in [1.29, 1.82) is 0 Å². The molecular formula is C50H114O14Sc7. The molecule has 0 rings (SSSR count). The van der Waals surface area contributed by atoms with Gasteiger partial charge >= 0.3 is 0 Å². The van der Waals surface area contributed by atoms with Crippen molar-refractivity contribution >= 4 is 0 Å². The van der Waals surface area contributed by atoms with Gasteiger partial charge in [0.05, 0.1) is 85.5 Å². The van der Waals surface area contributed by atoms with E-state index in [4.69, 9.17) is 61.3 Å². The Hall–Kier alpha value is 5.53. The van der Waals surface area contributed by atoms with Gasteiger partial charge in [0.1, 0.15) is 0 Å². The molecule has 7 radical (unpaired) electrons. The van der Waals surface area contributed by atoms with Crippen molar-refractivity contribution in [2.75, 3.05) is 0 Å². The van der Waals surface area contributed by atoms with Gasteiger partial charge in [-0.15, -0.1) is 0 Å². The molecule has 14 nitrogen and oxygen atoms in total. The van der Waals surface area contributed by atoms with Crippen LogP contribution in [-0.2, 0) is 181 Å². The van der Waals surface area contributed by atoms with E-state index >= 15 is 0 Å². The van der Waals surface area contributed by atoms with E-state index in [-0.39, 0.29) is 278 Å². The molecule has 0 amide bonds. The minimum absolute atomic E-state index is 0. The van der Waals surface area contributed by atoms with E-state index in [1.54, 1.807) is 41.5 Å². The van der Waals surface area contributed by atoms with E-state index in [1.165, 1.54) is 0 Å². The van der Waals surface area contributed by atoms with Crippen molar-refractivity contribution in [2.45, 2.75) is 294 Å². The Morgan fingerprint density at radius 2 is 0.549 bits per heavy atom. The first kappa shape index (κ1) is 112. The summed E-state index contributed by atoms with van der Waals surface area (Å²) in [6, 6.07) is 0. The standard InChI is InChI=1S/2C8H18O2.4C7H16O2.C6H14O2.7Sc/c1-5(2)8(10)6(3)7(4)9;1-4-5-8(10)6(2)7(3)9;1-5(2)7(9)4-6(3)8;1-4-7(9)5(2)6(3)8;1-3-4-7(9)5-6(2)8;1-3-6(8)5-7(9)4-2;1-3-6(8)4-5(2)7;;;;;;;/h5-10H,1-4H3;6-10H,4-5H2,1-3H3;2*5-9H,4H2,1-3H3;2*6-9H,3-5H2,1-2H3;5-8H,3-4H2,1-2H3;;;;;;;. The third kappa shape index (κ3) is 89.5. The molecule has 0 fully saturated rings. The monoisotopic (exact) mass is 1250 g/mol. The minimum Gasteiger partial charge on any atom is -0.393 e. The molecule has 0 aromatic carbocycles. The van der Waals surface area contributed by atoms with Gasteiger partial charge in [-0.3, -0.25) is 0 Å². The Kier molecular flexibility index (Phi) is 119. The summed E-state index contributed by atoms with van der Waals surface area (Å²) in [5.41, 5.74) is 0. The van der Waals surface area contributed by atoms with Gasteiger partial charge in [0.25, 0.3) is 0 Å². The second-order valence-electron chi connectivity index (χ2n) is 18.8. The quantitative estimate of drug-likeness (QED) is 0.0522. The summed E-state index contributed by atoms with van der Waals surface area (Å²) in [7, 11) is 0. The zero-order valence-corrected chi connectivity index (χ0v) is 61.4. The van der Waals surface area contributed by atoms with Crippen LogP contribution in [0, 0.1) is 29.6 Å². The van der Waals surface area contributed by atoms with Crippen LogP contribution in [0.2, 0.25) is 0 Å². The Bertz CT molecular complexity index is 888. The molecular weight excluding hydrogens is 1140 g/mol. The van der Waals surface area contributed by atoms with Crippen molar-refractivity contribution in [3.63, 3.8) is 0 Å². The molecule has 0 aliphatic carbocycles. The maximum absolute atomic E-state index is 9.41. The second-order valence-corrected chi connectivity index (χ2v) is 18.8. The van der Waals surface area contributed by atoms with Gasteiger partial charge in [0.15, 0.2) is 0 Å². The summed E-state index contributed by atoms with van der Waals surface area (Å²) in [6.07, 6.45) is 3.38. The summed E-state index contributed by atoms with van der Waals surface area (Å²) in [4.78, 5) is 0.